The lowest BCUT2D eigenvalue weighted by Crippen LogP contribution is -2.42. The SMILES string of the molecule is O=CC1CCCCN1c1ncc(Br)cc1C(F)(F)F. The molecule has 1 fully saturated rings. The average Bonchev–Trinajstić information content (AvgIpc) is 2.37. The summed E-state index contributed by atoms with van der Waals surface area (Å²) >= 11 is 2.99. The number of aromatic nitrogens is 1. The highest BCUT2D eigenvalue weighted by atomic mass is 79.9. The summed E-state index contributed by atoms with van der Waals surface area (Å²) < 4.78 is 39.4. The van der Waals surface area contributed by atoms with Gasteiger partial charge < -0.3 is 9.69 Å². The molecule has 0 spiro atoms. The third-order valence-corrected chi connectivity index (χ3v) is 3.55. The Morgan fingerprint density at radius 3 is 2.79 bits per heavy atom. The van der Waals surface area contributed by atoms with Gasteiger partial charge in [0.15, 0.2) is 0 Å². The van der Waals surface area contributed by atoms with Crippen LogP contribution in [0, 0.1) is 0 Å². The number of aldehydes is 1. The van der Waals surface area contributed by atoms with E-state index in [0.717, 1.165) is 18.9 Å². The van der Waals surface area contributed by atoms with Crippen molar-refractivity contribution in [2.75, 3.05) is 11.4 Å². The van der Waals surface area contributed by atoms with Crippen molar-refractivity contribution in [1.82, 2.24) is 4.98 Å². The first kappa shape index (κ1) is 14.3. The first-order valence-corrected chi connectivity index (χ1v) is 6.67. The van der Waals surface area contributed by atoms with E-state index in [1.807, 2.05) is 0 Å². The number of alkyl halides is 3. The topological polar surface area (TPSA) is 33.2 Å². The first-order chi connectivity index (χ1) is 8.93. The van der Waals surface area contributed by atoms with Crippen molar-refractivity contribution in [2.24, 2.45) is 0 Å². The molecule has 2 rings (SSSR count). The standard InChI is InChI=1S/C12H12BrF3N2O/c13-8-5-10(12(14,15)16)11(17-6-8)18-4-2-1-3-9(18)7-19/h5-7,9H,1-4H2. The summed E-state index contributed by atoms with van der Waals surface area (Å²) in [6.07, 6.45) is -0.295. The molecule has 1 aliphatic heterocycles. The molecule has 1 aromatic rings. The molecule has 0 aliphatic carbocycles. The minimum Gasteiger partial charge on any atom is -0.346 e. The quantitative estimate of drug-likeness (QED) is 0.776. The zero-order chi connectivity index (χ0) is 14.0. The molecule has 0 saturated carbocycles. The molecule has 2 heterocycles. The number of pyridine rings is 1. The van der Waals surface area contributed by atoms with E-state index < -0.39 is 17.8 Å². The van der Waals surface area contributed by atoms with E-state index in [4.69, 9.17) is 0 Å². The lowest BCUT2D eigenvalue weighted by molar-refractivity contribution is -0.137. The minimum atomic E-state index is -4.49. The number of carbonyl (C=O) groups is 1. The number of anilines is 1. The van der Waals surface area contributed by atoms with Crippen LogP contribution in [-0.2, 0) is 11.0 Å². The Morgan fingerprint density at radius 1 is 1.42 bits per heavy atom. The summed E-state index contributed by atoms with van der Waals surface area (Å²) in [4.78, 5) is 16.3. The predicted octanol–water partition coefficient (Wildman–Crippen LogP) is 3.42. The molecule has 1 saturated heterocycles. The van der Waals surface area contributed by atoms with Crippen molar-refractivity contribution in [3.63, 3.8) is 0 Å². The van der Waals surface area contributed by atoms with Crippen LogP contribution in [0.5, 0.6) is 0 Å². The van der Waals surface area contributed by atoms with E-state index in [-0.39, 0.29) is 10.3 Å². The fourth-order valence-corrected chi connectivity index (χ4v) is 2.56. The molecule has 104 valence electrons. The summed E-state index contributed by atoms with van der Waals surface area (Å²) in [5.41, 5.74) is -0.810. The van der Waals surface area contributed by atoms with E-state index in [2.05, 4.69) is 20.9 Å². The summed E-state index contributed by atoms with van der Waals surface area (Å²) in [6.45, 7) is 0.418. The number of nitrogens with zero attached hydrogens (tertiary/aromatic N) is 2. The number of hydrogen-bond acceptors (Lipinski definition) is 3. The highest BCUT2D eigenvalue weighted by Gasteiger charge is 2.38. The van der Waals surface area contributed by atoms with Gasteiger partial charge in [0.1, 0.15) is 12.1 Å². The lowest BCUT2D eigenvalue weighted by atomic mass is 10.0. The van der Waals surface area contributed by atoms with E-state index in [0.29, 0.717) is 19.3 Å². The van der Waals surface area contributed by atoms with Crippen molar-refractivity contribution < 1.29 is 18.0 Å². The molecule has 7 heteroatoms. The van der Waals surface area contributed by atoms with Gasteiger partial charge >= 0.3 is 6.18 Å². The number of piperidine rings is 1. The predicted molar refractivity (Wildman–Crippen MR) is 68.0 cm³/mol. The molecule has 0 N–H and O–H groups in total. The number of rotatable bonds is 2. The Labute approximate surface area is 116 Å². The molecular weight excluding hydrogens is 325 g/mol. The molecular formula is C12H12BrF3N2O. The smallest absolute Gasteiger partial charge is 0.346 e. The van der Waals surface area contributed by atoms with Gasteiger partial charge in [0, 0.05) is 17.2 Å². The lowest BCUT2D eigenvalue weighted by Gasteiger charge is -2.34. The van der Waals surface area contributed by atoms with Gasteiger partial charge in [-0.25, -0.2) is 4.98 Å². The number of carbonyl (C=O) groups excluding carboxylic acids is 1. The van der Waals surface area contributed by atoms with Crippen molar-refractivity contribution in [3.8, 4) is 0 Å². The molecule has 0 aromatic carbocycles. The van der Waals surface area contributed by atoms with Crippen LogP contribution in [0.1, 0.15) is 24.8 Å². The summed E-state index contributed by atoms with van der Waals surface area (Å²) in [5.74, 6) is -0.160. The Morgan fingerprint density at radius 2 is 2.16 bits per heavy atom. The Hall–Kier alpha value is -1.11. The molecule has 19 heavy (non-hydrogen) atoms. The van der Waals surface area contributed by atoms with Gasteiger partial charge in [-0.2, -0.15) is 13.2 Å². The fraction of sp³-hybridized carbons (Fsp3) is 0.500. The van der Waals surface area contributed by atoms with Gasteiger partial charge in [0.2, 0.25) is 0 Å². The summed E-state index contributed by atoms with van der Waals surface area (Å²) in [7, 11) is 0. The highest BCUT2D eigenvalue weighted by molar-refractivity contribution is 9.10. The molecule has 0 radical (unpaired) electrons. The van der Waals surface area contributed by atoms with Crippen LogP contribution >= 0.6 is 15.9 Å². The second-order valence-electron chi connectivity index (χ2n) is 4.42. The average molecular weight is 337 g/mol. The zero-order valence-corrected chi connectivity index (χ0v) is 11.5. The molecule has 1 aliphatic rings. The van der Waals surface area contributed by atoms with E-state index >= 15 is 0 Å². The highest BCUT2D eigenvalue weighted by Crippen LogP contribution is 2.38. The number of hydrogen-bond donors (Lipinski definition) is 0. The van der Waals surface area contributed by atoms with Gasteiger partial charge in [-0.15, -0.1) is 0 Å². The van der Waals surface area contributed by atoms with Gasteiger partial charge in [0.25, 0.3) is 0 Å². The van der Waals surface area contributed by atoms with E-state index in [9.17, 15) is 18.0 Å². The second kappa shape index (κ2) is 5.48. The fourth-order valence-electron chi connectivity index (χ4n) is 2.23. The van der Waals surface area contributed by atoms with E-state index in [1.54, 1.807) is 0 Å². The van der Waals surface area contributed by atoms with Gasteiger partial charge in [0.05, 0.1) is 11.6 Å². The van der Waals surface area contributed by atoms with Gasteiger partial charge in [-0.1, -0.05) is 0 Å². The molecule has 1 unspecified atom stereocenters. The monoisotopic (exact) mass is 336 g/mol. The second-order valence-corrected chi connectivity index (χ2v) is 5.33. The van der Waals surface area contributed by atoms with Crippen LogP contribution in [0.4, 0.5) is 19.0 Å². The first-order valence-electron chi connectivity index (χ1n) is 5.88. The Balaban J connectivity index is 2.45. The largest absolute Gasteiger partial charge is 0.419 e. The maximum atomic E-state index is 13.0. The molecule has 0 bridgehead atoms. The van der Waals surface area contributed by atoms with Crippen molar-refractivity contribution in [2.45, 2.75) is 31.5 Å². The van der Waals surface area contributed by atoms with Crippen molar-refractivity contribution in [3.05, 3.63) is 22.3 Å². The minimum absolute atomic E-state index is 0.160. The summed E-state index contributed by atoms with van der Waals surface area (Å²) in [6, 6.07) is 0.474. The van der Waals surface area contributed by atoms with Gasteiger partial charge in [-0.05, 0) is 41.3 Å². The van der Waals surface area contributed by atoms with E-state index in [1.165, 1.54) is 11.1 Å². The third kappa shape index (κ3) is 3.08. The molecule has 1 atom stereocenters. The van der Waals surface area contributed by atoms with Crippen LogP contribution < -0.4 is 4.90 Å². The molecule has 1 aromatic heterocycles. The van der Waals surface area contributed by atoms with Crippen LogP contribution in [-0.4, -0.2) is 23.9 Å². The Kier molecular flexibility index (Phi) is 4.13. The van der Waals surface area contributed by atoms with Crippen LogP contribution in [0.2, 0.25) is 0 Å². The molecule has 0 amide bonds. The molecule has 3 nitrogen and oxygen atoms in total. The van der Waals surface area contributed by atoms with Crippen LogP contribution in [0.15, 0.2) is 16.7 Å². The van der Waals surface area contributed by atoms with Gasteiger partial charge in [-0.3, -0.25) is 0 Å². The summed E-state index contributed by atoms with van der Waals surface area (Å²) in [5, 5.41) is 0. The van der Waals surface area contributed by atoms with Crippen molar-refractivity contribution >= 4 is 28.0 Å². The Bertz CT molecular complexity index is 479. The van der Waals surface area contributed by atoms with Crippen LogP contribution in [0.25, 0.3) is 0 Å². The zero-order valence-electron chi connectivity index (χ0n) is 9.95. The van der Waals surface area contributed by atoms with Crippen molar-refractivity contribution in [1.29, 1.82) is 0 Å². The third-order valence-electron chi connectivity index (χ3n) is 3.12. The normalized spacial score (nSPS) is 20.4. The maximum absolute atomic E-state index is 13.0. The van der Waals surface area contributed by atoms with Crippen LogP contribution in [0.3, 0.4) is 0 Å². The number of halogens is 4. The maximum Gasteiger partial charge on any atom is 0.419 e.